The molecular formula is C17H28N2O2. The summed E-state index contributed by atoms with van der Waals surface area (Å²) >= 11 is 0. The Kier molecular flexibility index (Phi) is 5.88. The number of hydrogen-bond donors (Lipinski definition) is 1. The summed E-state index contributed by atoms with van der Waals surface area (Å²) in [4.78, 5) is 2.53. The second-order valence-corrected chi connectivity index (χ2v) is 5.78. The second-order valence-electron chi connectivity index (χ2n) is 5.78. The van der Waals surface area contributed by atoms with Gasteiger partial charge in [0.2, 0.25) is 0 Å². The second kappa shape index (κ2) is 7.66. The summed E-state index contributed by atoms with van der Waals surface area (Å²) in [5.74, 6) is 2.34. The fraction of sp³-hybridized carbons (Fsp3) is 0.647. The average molecular weight is 292 g/mol. The molecule has 0 saturated carbocycles. The molecule has 1 fully saturated rings. The van der Waals surface area contributed by atoms with Crippen molar-refractivity contribution >= 4 is 0 Å². The quantitative estimate of drug-likeness (QED) is 0.876. The summed E-state index contributed by atoms with van der Waals surface area (Å²) < 4.78 is 10.7. The molecule has 21 heavy (non-hydrogen) atoms. The zero-order valence-electron chi connectivity index (χ0n) is 13.5. The Hall–Kier alpha value is -1.26. The minimum atomic E-state index is 0.263. The van der Waals surface area contributed by atoms with E-state index in [1.54, 1.807) is 14.2 Å². The van der Waals surface area contributed by atoms with Gasteiger partial charge in [0.15, 0.2) is 11.5 Å². The molecule has 0 aromatic heterocycles. The van der Waals surface area contributed by atoms with Gasteiger partial charge in [-0.25, -0.2) is 0 Å². The van der Waals surface area contributed by atoms with Crippen LogP contribution in [0.3, 0.4) is 0 Å². The number of ether oxygens (including phenoxy) is 2. The number of nitrogens with two attached hydrogens (primary N) is 1. The van der Waals surface area contributed by atoms with Crippen LogP contribution in [-0.2, 0) is 0 Å². The smallest absolute Gasteiger partial charge is 0.161 e. The van der Waals surface area contributed by atoms with Crippen molar-refractivity contribution in [3.63, 3.8) is 0 Å². The third kappa shape index (κ3) is 3.69. The molecule has 2 unspecified atom stereocenters. The predicted octanol–water partition coefficient (Wildman–Crippen LogP) is 2.83. The van der Waals surface area contributed by atoms with Crippen LogP contribution in [0.4, 0.5) is 0 Å². The van der Waals surface area contributed by atoms with Gasteiger partial charge < -0.3 is 15.2 Å². The molecule has 0 bridgehead atoms. The zero-order valence-corrected chi connectivity index (χ0v) is 13.5. The maximum Gasteiger partial charge on any atom is 0.161 e. The van der Waals surface area contributed by atoms with Gasteiger partial charge in [-0.3, -0.25) is 4.90 Å². The van der Waals surface area contributed by atoms with Crippen LogP contribution in [0, 0.1) is 5.92 Å². The third-order valence-corrected chi connectivity index (χ3v) is 4.58. The average Bonchev–Trinajstić information content (AvgIpc) is 2.55. The molecule has 4 nitrogen and oxygen atoms in total. The topological polar surface area (TPSA) is 47.7 Å². The van der Waals surface area contributed by atoms with Crippen LogP contribution < -0.4 is 15.2 Å². The summed E-state index contributed by atoms with van der Waals surface area (Å²) in [6.45, 7) is 5.19. The zero-order chi connectivity index (χ0) is 15.2. The molecule has 2 N–H and O–H groups in total. The minimum Gasteiger partial charge on any atom is -0.493 e. The molecule has 2 rings (SSSR count). The molecule has 0 radical (unpaired) electrons. The molecule has 1 aliphatic heterocycles. The van der Waals surface area contributed by atoms with Crippen LogP contribution in [0.25, 0.3) is 0 Å². The number of likely N-dealkylation sites (tertiary alicyclic amines) is 1. The molecule has 1 heterocycles. The molecule has 2 atom stereocenters. The van der Waals surface area contributed by atoms with Gasteiger partial charge >= 0.3 is 0 Å². The van der Waals surface area contributed by atoms with Crippen molar-refractivity contribution in [3.05, 3.63) is 23.8 Å². The first-order valence-corrected chi connectivity index (χ1v) is 7.89. The van der Waals surface area contributed by atoms with E-state index < -0.39 is 0 Å². The molecule has 1 saturated heterocycles. The fourth-order valence-electron chi connectivity index (χ4n) is 3.27. The highest BCUT2D eigenvalue weighted by Crippen LogP contribution is 2.33. The van der Waals surface area contributed by atoms with Crippen molar-refractivity contribution in [2.45, 2.75) is 32.2 Å². The summed E-state index contributed by atoms with van der Waals surface area (Å²) in [6, 6.07) is 6.40. The molecule has 0 amide bonds. The lowest BCUT2D eigenvalue weighted by Crippen LogP contribution is -2.41. The highest BCUT2D eigenvalue weighted by Gasteiger charge is 2.26. The number of hydrogen-bond acceptors (Lipinski definition) is 4. The molecule has 1 aliphatic rings. The number of piperidine rings is 1. The van der Waals surface area contributed by atoms with Crippen molar-refractivity contribution in [2.24, 2.45) is 11.7 Å². The van der Waals surface area contributed by atoms with E-state index in [-0.39, 0.29) is 6.04 Å². The monoisotopic (exact) mass is 292 g/mol. The Labute approximate surface area is 128 Å². The minimum absolute atomic E-state index is 0.263. The summed E-state index contributed by atoms with van der Waals surface area (Å²) in [5, 5.41) is 0. The SMILES string of the molecule is CCC1CCCN(C(CN)c2ccc(OC)c(OC)c2)C1. The number of benzene rings is 1. The molecule has 1 aromatic rings. The first-order valence-electron chi connectivity index (χ1n) is 7.89. The predicted molar refractivity (Wildman–Crippen MR) is 85.9 cm³/mol. The first-order chi connectivity index (χ1) is 10.2. The highest BCUT2D eigenvalue weighted by atomic mass is 16.5. The van der Waals surface area contributed by atoms with Gasteiger partial charge in [-0.15, -0.1) is 0 Å². The van der Waals surface area contributed by atoms with Gasteiger partial charge in [-0.1, -0.05) is 19.4 Å². The highest BCUT2D eigenvalue weighted by molar-refractivity contribution is 5.43. The fourth-order valence-corrected chi connectivity index (χ4v) is 3.27. The van der Waals surface area contributed by atoms with E-state index in [1.165, 1.54) is 24.8 Å². The van der Waals surface area contributed by atoms with Gasteiger partial charge in [0, 0.05) is 19.1 Å². The Morgan fingerprint density at radius 3 is 2.67 bits per heavy atom. The van der Waals surface area contributed by atoms with Crippen molar-refractivity contribution < 1.29 is 9.47 Å². The van der Waals surface area contributed by atoms with E-state index in [1.807, 2.05) is 6.07 Å². The van der Waals surface area contributed by atoms with Crippen LogP contribution >= 0.6 is 0 Å². The lowest BCUT2D eigenvalue weighted by Gasteiger charge is -2.38. The molecule has 0 aliphatic carbocycles. The standard InChI is InChI=1S/C17H28N2O2/c1-4-13-6-5-9-19(12-13)15(11-18)14-7-8-16(20-2)17(10-14)21-3/h7-8,10,13,15H,4-6,9,11-12,18H2,1-3H3. The van der Waals surface area contributed by atoms with Crippen LogP contribution in [-0.4, -0.2) is 38.8 Å². The Balaban J connectivity index is 2.20. The van der Waals surface area contributed by atoms with Gasteiger partial charge in [-0.2, -0.15) is 0 Å². The van der Waals surface area contributed by atoms with E-state index in [4.69, 9.17) is 15.2 Å². The lowest BCUT2D eigenvalue weighted by molar-refractivity contribution is 0.124. The first kappa shape index (κ1) is 16.1. The van der Waals surface area contributed by atoms with Gasteiger partial charge in [-0.05, 0) is 43.0 Å². The number of methoxy groups -OCH3 is 2. The van der Waals surface area contributed by atoms with E-state index in [0.29, 0.717) is 6.54 Å². The Morgan fingerprint density at radius 1 is 1.29 bits per heavy atom. The third-order valence-electron chi connectivity index (χ3n) is 4.58. The molecular weight excluding hydrogens is 264 g/mol. The molecule has 1 aromatic carbocycles. The molecule has 4 heteroatoms. The number of rotatable bonds is 6. The van der Waals surface area contributed by atoms with E-state index in [9.17, 15) is 0 Å². The van der Waals surface area contributed by atoms with E-state index in [0.717, 1.165) is 30.5 Å². The maximum absolute atomic E-state index is 6.07. The summed E-state index contributed by atoms with van der Waals surface area (Å²) in [6.07, 6.45) is 3.86. The van der Waals surface area contributed by atoms with Gasteiger partial charge in [0.05, 0.1) is 14.2 Å². The summed E-state index contributed by atoms with van der Waals surface area (Å²) in [7, 11) is 3.33. The molecule has 118 valence electrons. The van der Waals surface area contributed by atoms with Crippen LogP contribution in [0.2, 0.25) is 0 Å². The van der Waals surface area contributed by atoms with Crippen molar-refractivity contribution in [2.75, 3.05) is 33.9 Å². The van der Waals surface area contributed by atoms with Crippen LogP contribution in [0.5, 0.6) is 11.5 Å². The van der Waals surface area contributed by atoms with Crippen molar-refractivity contribution in [3.8, 4) is 11.5 Å². The number of nitrogens with zero attached hydrogens (tertiary/aromatic N) is 1. The molecule has 0 spiro atoms. The van der Waals surface area contributed by atoms with Crippen molar-refractivity contribution in [1.29, 1.82) is 0 Å². The van der Waals surface area contributed by atoms with Crippen LogP contribution in [0.15, 0.2) is 18.2 Å². The summed E-state index contributed by atoms with van der Waals surface area (Å²) in [5.41, 5.74) is 7.29. The Morgan fingerprint density at radius 2 is 2.05 bits per heavy atom. The van der Waals surface area contributed by atoms with E-state index in [2.05, 4.69) is 24.0 Å². The lowest BCUT2D eigenvalue weighted by atomic mass is 9.93. The van der Waals surface area contributed by atoms with Gasteiger partial charge in [0.1, 0.15) is 0 Å². The van der Waals surface area contributed by atoms with E-state index >= 15 is 0 Å². The van der Waals surface area contributed by atoms with Gasteiger partial charge in [0.25, 0.3) is 0 Å². The Bertz CT molecular complexity index is 450. The van der Waals surface area contributed by atoms with Crippen molar-refractivity contribution in [1.82, 2.24) is 4.90 Å². The maximum atomic E-state index is 6.07. The normalized spacial score (nSPS) is 21.0. The van der Waals surface area contributed by atoms with Crippen LogP contribution in [0.1, 0.15) is 37.8 Å². The largest absolute Gasteiger partial charge is 0.493 e.